The molecular weight excluding hydrogens is 534 g/mol. The first-order valence-corrected chi connectivity index (χ1v) is 13.0. The number of amides is 1. The van der Waals surface area contributed by atoms with Gasteiger partial charge in [0.2, 0.25) is 0 Å². The van der Waals surface area contributed by atoms with Crippen molar-refractivity contribution in [1.29, 1.82) is 0 Å². The number of methoxy groups -OCH3 is 5. The minimum Gasteiger partial charge on any atom is -0.496 e. The van der Waals surface area contributed by atoms with E-state index in [4.69, 9.17) is 23.7 Å². The maximum Gasteiger partial charge on any atom is 0.250 e. The van der Waals surface area contributed by atoms with E-state index in [-0.39, 0.29) is 11.7 Å². The molecule has 0 saturated heterocycles. The van der Waals surface area contributed by atoms with Crippen molar-refractivity contribution >= 4 is 23.9 Å². The number of ether oxygens (including phenoxy) is 5. The Morgan fingerprint density at radius 3 is 2.15 bits per heavy atom. The number of carbonyl (C=O) groups excluding carboxylic acids is 1. The number of thioether (sulfide) groups is 1. The third kappa shape index (κ3) is 6.29. The molecule has 4 rings (SSSR count). The van der Waals surface area contributed by atoms with Gasteiger partial charge in [-0.2, -0.15) is 5.10 Å². The second kappa shape index (κ2) is 13.4. The Bertz CT molecular complexity index is 1470. The smallest absolute Gasteiger partial charge is 0.250 e. The summed E-state index contributed by atoms with van der Waals surface area (Å²) in [4.78, 5) is 12.7. The van der Waals surface area contributed by atoms with Crippen molar-refractivity contribution in [3.05, 3.63) is 66.2 Å². The highest BCUT2D eigenvalue weighted by molar-refractivity contribution is 7.99. The Kier molecular flexibility index (Phi) is 9.47. The molecule has 208 valence electrons. The highest BCUT2D eigenvalue weighted by Gasteiger charge is 2.19. The molecule has 3 aromatic carbocycles. The number of nitrogens with zero attached hydrogens (tertiary/aromatic N) is 4. The fraction of sp³-hybridized carbons (Fsp3) is 0.214. The zero-order valence-corrected chi connectivity index (χ0v) is 23.5. The van der Waals surface area contributed by atoms with Gasteiger partial charge in [0.1, 0.15) is 17.2 Å². The topological polar surface area (TPSA) is 118 Å². The van der Waals surface area contributed by atoms with Crippen molar-refractivity contribution < 1.29 is 28.5 Å². The summed E-state index contributed by atoms with van der Waals surface area (Å²) in [6, 6.07) is 18.6. The van der Waals surface area contributed by atoms with Crippen LogP contribution in [0.4, 0.5) is 0 Å². The second-order valence-corrected chi connectivity index (χ2v) is 9.02. The van der Waals surface area contributed by atoms with Gasteiger partial charge in [-0.15, -0.1) is 10.2 Å². The number of hydrogen-bond donors (Lipinski definition) is 1. The van der Waals surface area contributed by atoms with Crippen LogP contribution in [-0.2, 0) is 4.79 Å². The van der Waals surface area contributed by atoms with Gasteiger partial charge in [-0.3, -0.25) is 9.36 Å². The van der Waals surface area contributed by atoms with E-state index in [0.29, 0.717) is 45.3 Å². The number of para-hydroxylation sites is 1. The van der Waals surface area contributed by atoms with Crippen molar-refractivity contribution in [2.24, 2.45) is 5.10 Å². The molecule has 0 spiro atoms. The monoisotopic (exact) mass is 563 g/mol. The molecule has 12 heteroatoms. The largest absolute Gasteiger partial charge is 0.496 e. The lowest BCUT2D eigenvalue weighted by molar-refractivity contribution is -0.118. The number of aromatic nitrogens is 3. The molecule has 1 N–H and O–H groups in total. The average molecular weight is 564 g/mol. The lowest BCUT2D eigenvalue weighted by atomic mass is 10.2. The van der Waals surface area contributed by atoms with Gasteiger partial charge in [0.15, 0.2) is 22.5 Å². The summed E-state index contributed by atoms with van der Waals surface area (Å²) in [6.07, 6.45) is 1.46. The minimum absolute atomic E-state index is 0.0467. The van der Waals surface area contributed by atoms with Crippen LogP contribution in [0.15, 0.2) is 70.9 Å². The molecule has 1 amide bonds. The fourth-order valence-corrected chi connectivity index (χ4v) is 4.57. The van der Waals surface area contributed by atoms with E-state index in [1.165, 1.54) is 32.2 Å². The average Bonchev–Trinajstić information content (AvgIpc) is 3.43. The standard InChI is InChI=1S/C28H29N5O6S/c1-35-20-14-23(37-3)21(24(15-20)38-4)16-29-30-26(34)17-40-28-32-31-27(33(28)19-9-7-6-8-10-19)18-11-12-22(36-2)25(13-18)39-5/h6-16H,17H2,1-5H3,(H,30,34)/b29-16+. The van der Waals surface area contributed by atoms with E-state index >= 15 is 0 Å². The molecule has 40 heavy (non-hydrogen) atoms. The Morgan fingerprint density at radius 1 is 0.850 bits per heavy atom. The van der Waals surface area contributed by atoms with Gasteiger partial charge in [-0.1, -0.05) is 30.0 Å². The van der Waals surface area contributed by atoms with Gasteiger partial charge < -0.3 is 23.7 Å². The molecular formula is C28H29N5O6S. The third-order valence-electron chi connectivity index (χ3n) is 5.76. The molecule has 0 radical (unpaired) electrons. The summed E-state index contributed by atoms with van der Waals surface area (Å²) in [6.45, 7) is 0. The minimum atomic E-state index is -0.331. The van der Waals surface area contributed by atoms with Crippen LogP contribution in [-0.4, -0.2) is 68.2 Å². The summed E-state index contributed by atoms with van der Waals surface area (Å²) >= 11 is 1.23. The van der Waals surface area contributed by atoms with Crippen molar-refractivity contribution in [2.45, 2.75) is 5.16 Å². The van der Waals surface area contributed by atoms with E-state index in [9.17, 15) is 4.79 Å². The normalized spacial score (nSPS) is 10.8. The molecule has 0 saturated carbocycles. The van der Waals surface area contributed by atoms with E-state index in [0.717, 1.165) is 11.3 Å². The van der Waals surface area contributed by atoms with E-state index in [1.54, 1.807) is 33.5 Å². The van der Waals surface area contributed by atoms with Crippen molar-refractivity contribution in [2.75, 3.05) is 41.3 Å². The van der Waals surface area contributed by atoms with Gasteiger partial charge in [0.05, 0.1) is 53.1 Å². The Balaban J connectivity index is 1.53. The summed E-state index contributed by atoms with van der Waals surface area (Å²) in [5.41, 5.74) is 4.71. The van der Waals surface area contributed by atoms with Gasteiger partial charge in [0.25, 0.3) is 5.91 Å². The van der Waals surface area contributed by atoms with Gasteiger partial charge in [-0.25, -0.2) is 5.43 Å². The van der Waals surface area contributed by atoms with Gasteiger partial charge in [-0.05, 0) is 30.3 Å². The summed E-state index contributed by atoms with van der Waals surface area (Å²) in [5.74, 6) is 3.03. The van der Waals surface area contributed by atoms with Crippen LogP contribution in [0.3, 0.4) is 0 Å². The fourth-order valence-electron chi connectivity index (χ4n) is 3.83. The Morgan fingerprint density at radius 2 is 1.52 bits per heavy atom. The van der Waals surface area contributed by atoms with Crippen molar-refractivity contribution in [3.8, 4) is 45.8 Å². The van der Waals surface area contributed by atoms with E-state index < -0.39 is 0 Å². The SMILES string of the molecule is COc1cc(OC)c(/C=N/NC(=O)CSc2nnc(-c3ccc(OC)c(OC)c3)n2-c2ccccc2)c(OC)c1. The van der Waals surface area contributed by atoms with Crippen LogP contribution in [0.5, 0.6) is 28.7 Å². The Labute approximate surface area is 236 Å². The molecule has 4 aromatic rings. The maximum atomic E-state index is 12.7. The predicted octanol–water partition coefficient (Wildman–Crippen LogP) is 4.22. The number of hydrogen-bond acceptors (Lipinski definition) is 10. The first-order valence-electron chi connectivity index (χ1n) is 12.0. The molecule has 1 heterocycles. The lowest BCUT2D eigenvalue weighted by Gasteiger charge is -2.12. The number of hydrazone groups is 1. The van der Waals surface area contributed by atoms with Crippen molar-refractivity contribution in [1.82, 2.24) is 20.2 Å². The molecule has 0 bridgehead atoms. The molecule has 0 aliphatic rings. The molecule has 11 nitrogen and oxygen atoms in total. The number of benzene rings is 3. The zero-order valence-electron chi connectivity index (χ0n) is 22.7. The van der Waals surface area contributed by atoms with Crippen LogP contribution >= 0.6 is 11.8 Å². The first kappa shape index (κ1) is 28.3. The summed E-state index contributed by atoms with van der Waals surface area (Å²) in [5, 5.41) is 13.4. The van der Waals surface area contributed by atoms with Crippen LogP contribution in [0.2, 0.25) is 0 Å². The summed E-state index contributed by atoms with van der Waals surface area (Å²) < 4.78 is 28.8. The molecule has 0 unspecified atom stereocenters. The van der Waals surface area contributed by atoms with E-state index in [2.05, 4.69) is 20.7 Å². The number of carbonyl (C=O) groups is 1. The predicted molar refractivity (Wildman–Crippen MR) is 152 cm³/mol. The quantitative estimate of drug-likeness (QED) is 0.154. The van der Waals surface area contributed by atoms with Crippen LogP contribution in [0, 0.1) is 0 Å². The molecule has 0 fully saturated rings. The summed E-state index contributed by atoms with van der Waals surface area (Å²) in [7, 11) is 7.76. The molecule has 0 aliphatic heterocycles. The highest BCUT2D eigenvalue weighted by atomic mass is 32.2. The highest BCUT2D eigenvalue weighted by Crippen LogP contribution is 2.35. The van der Waals surface area contributed by atoms with Crippen LogP contribution in [0.25, 0.3) is 17.1 Å². The number of nitrogens with one attached hydrogen (secondary N) is 1. The van der Waals surface area contributed by atoms with Gasteiger partial charge >= 0.3 is 0 Å². The van der Waals surface area contributed by atoms with E-state index in [1.807, 2.05) is 53.1 Å². The Hall–Kier alpha value is -4.71. The molecule has 0 atom stereocenters. The van der Waals surface area contributed by atoms with Crippen molar-refractivity contribution in [3.63, 3.8) is 0 Å². The molecule has 0 aliphatic carbocycles. The molecule has 1 aromatic heterocycles. The van der Waals surface area contributed by atoms with Crippen LogP contribution in [0.1, 0.15) is 5.56 Å². The second-order valence-electron chi connectivity index (χ2n) is 8.07. The zero-order chi connectivity index (χ0) is 28.5. The third-order valence-corrected chi connectivity index (χ3v) is 6.69. The number of rotatable bonds is 12. The van der Waals surface area contributed by atoms with Gasteiger partial charge in [0, 0.05) is 23.4 Å². The first-order chi connectivity index (χ1) is 19.5. The van der Waals surface area contributed by atoms with Crippen LogP contribution < -0.4 is 29.1 Å². The lowest BCUT2D eigenvalue weighted by Crippen LogP contribution is -2.20. The maximum absolute atomic E-state index is 12.7.